The predicted octanol–water partition coefficient (Wildman–Crippen LogP) is 4.44. The Kier molecular flexibility index (Phi) is 8.08. The molecule has 1 heterocycles. The number of hydrogen-bond donors (Lipinski definition) is 1. The number of hydrogen-bond acceptors (Lipinski definition) is 7. The van der Waals surface area contributed by atoms with Crippen molar-refractivity contribution in [2.45, 2.75) is 18.9 Å². The molecule has 1 amide bonds. The Hall–Kier alpha value is -3.10. The van der Waals surface area contributed by atoms with Crippen LogP contribution in [-0.4, -0.2) is 38.2 Å². The van der Waals surface area contributed by atoms with E-state index in [4.69, 9.17) is 25.8 Å². The molecule has 0 aliphatic carbocycles. The van der Waals surface area contributed by atoms with E-state index in [-0.39, 0.29) is 18.7 Å². The number of aromatic nitrogens is 1. The summed E-state index contributed by atoms with van der Waals surface area (Å²) in [6.45, 7) is 0. The number of benzene rings is 2. The van der Waals surface area contributed by atoms with Crippen LogP contribution in [0.1, 0.15) is 23.7 Å². The van der Waals surface area contributed by atoms with E-state index in [1.807, 2.05) is 23.6 Å². The second kappa shape index (κ2) is 11.0. The maximum Gasteiger partial charge on any atom is 0.307 e. The number of esters is 1. The summed E-state index contributed by atoms with van der Waals surface area (Å²) in [6.07, 6.45) is 0.0902. The van der Waals surface area contributed by atoms with Gasteiger partial charge < -0.3 is 19.5 Å². The standard InChI is InChI=1S/C23H23ClN2O5S/c1-29-19-9-6-15(10-20(19)30-2)23-25-17(13-32-23)11-21(27)26-18(12-22(28)31-3)14-4-7-16(24)8-5-14/h4-10,13,18H,11-12H2,1-3H3,(H,26,27). The van der Waals surface area contributed by atoms with Gasteiger partial charge in [-0.15, -0.1) is 11.3 Å². The maximum atomic E-state index is 12.7. The van der Waals surface area contributed by atoms with E-state index >= 15 is 0 Å². The normalized spacial score (nSPS) is 11.5. The number of amides is 1. The number of halogens is 1. The first-order chi connectivity index (χ1) is 15.4. The van der Waals surface area contributed by atoms with Gasteiger partial charge in [0.25, 0.3) is 0 Å². The molecule has 0 aliphatic heterocycles. The Bertz CT molecular complexity index is 1080. The minimum absolute atomic E-state index is 0.0117. The Balaban J connectivity index is 1.71. The molecule has 2 aromatic carbocycles. The second-order valence-electron chi connectivity index (χ2n) is 6.84. The fraction of sp³-hybridized carbons (Fsp3) is 0.261. The molecule has 0 fully saturated rings. The van der Waals surface area contributed by atoms with Gasteiger partial charge in [-0.3, -0.25) is 9.59 Å². The van der Waals surface area contributed by atoms with Crippen molar-refractivity contribution in [3.63, 3.8) is 0 Å². The Morgan fingerprint density at radius 1 is 1.06 bits per heavy atom. The number of carbonyl (C=O) groups excluding carboxylic acids is 2. The van der Waals surface area contributed by atoms with Crippen molar-refractivity contribution in [1.29, 1.82) is 0 Å². The van der Waals surface area contributed by atoms with Gasteiger partial charge in [0.15, 0.2) is 11.5 Å². The van der Waals surface area contributed by atoms with Gasteiger partial charge in [0.2, 0.25) is 5.91 Å². The average Bonchev–Trinajstić information content (AvgIpc) is 3.26. The van der Waals surface area contributed by atoms with E-state index in [0.717, 1.165) is 16.1 Å². The summed E-state index contributed by atoms with van der Waals surface area (Å²) in [5.41, 5.74) is 2.26. The highest BCUT2D eigenvalue weighted by atomic mass is 35.5. The lowest BCUT2D eigenvalue weighted by atomic mass is 10.0. The highest BCUT2D eigenvalue weighted by Gasteiger charge is 2.20. The van der Waals surface area contributed by atoms with Crippen LogP contribution in [0.15, 0.2) is 47.8 Å². The lowest BCUT2D eigenvalue weighted by Gasteiger charge is -2.18. The molecule has 7 nitrogen and oxygen atoms in total. The van der Waals surface area contributed by atoms with Gasteiger partial charge in [-0.2, -0.15) is 0 Å². The average molecular weight is 475 g/mol. The van der Waals surface area contributed by atoms with Crippen molar-refractivity contribution in [1.82, 2.24) is 10.3 Å². The molecule has 3 rings (SSSR count). The van der Waals surface area contributed by atoms with Crippen LogP contribution in [0.5, 0.6) is 11.5 Å². The lowest BCUT2D eigenvalue weighted by molar-refractivity contribution is -0.141. The van der Waals surface area contributed by atoms with Crippen LogP contribution in [0.3, 0.4) is 0 Å². The van der Waals surface area contributed by atoms with Crippen molar-refractivity contribution in [3.05, 3.63) is 64.1 Å². The molecule has 1 unspecified atom stereocenters. The molecule has 3 aromatic rings. The van der Waals surface area contributed by atoms with E-state index in [1.165, 1.54) is 18.4 Å². The van der Waals surface area contributed by atoms with Gasteiger partial charge >= 0.3 is 5.97 Å². The molecule has 0 aliphatic rings. The van der Waals surface area contributed by atoms with Crippen molar-refractivity contribution in [2.24, 2.45) is 0 Å². The fourth-order valence-electron chi connectivity index (χ4n) is 3.10. The molecule has 0 saturated carbocycles. The fourth-order valence-corrected chi connectivity index (χ4v) is 4.04. The third-order valence-electron chi connectivity index (χ3n) is 4.73. The van der Waals surface area contributed by atoms with Gasteiger partial charge in [-0.25, -0.2) is 4.98 Å². The quantitative estimate of drug-likeness (QED) is 0.461. The first kappa shape index (κ1) is 23.6. The van der Waals surface area contributed by atoms with Gasteiger partial charge in [-0.1, -0.05) is 23.7 Å². The van der Waals surface area contributed by atoms with Gasteiger partial charge in [0.05, 0.1) is 45.9 Å². The first-order valence-electron chi connectivity index (χ1n) is 9.72. The molecule has 1 atom stereocenters. The number of nitrogens with one attached hydrogen (secondary N) is 1. The highest BCUT2D eigenvalue weighted by Crippen LogP contribution is 2.33. The van der Waals surface area contributed by atoms with Crippen molar-refractivity contribution >= 4 is 34.8 Å². The predicted molar refractivity (Wildman–Crippen MR) is 123 cm³/mol. The van der Waals surface area contributed by atoms with Crippen LogP contribution >= 0.6 is 22.9 Å². The van der Waals surface area contributed by atoms with Gasteiger partial charge in [-0.05, 0) is 35.9 Å². The molecule has 0 bridgehead atoms. The zero-order valence-electron chi connectivity index (χ0n) is 17.9. The highest BCUT2D eigenvalue weighted by molar-refractivity contribution is 7.13. The molecule has 0 radical (unpaired) electrons. The van der Waals surface area contributed by atoms with Crippen LogP contribution in [-0.2, 0) is 20.7 Å². The van der Waals surface area contributed by atoms with Crippen LogP contribution in [0.4, 0.5) is 0 Å². The summed E-state index contributed by atoms with van der Waals surface area (Å²) in [4.78, 5) is 29.1. The second-order valence-corrected chi connectivity index (χ2v) is 8.14. The molecule has 0 saturated heterocycles. The number of ether oxygens (including phenoxy) is 3. The van der Waals surface area contributed by atoms with Crippen molar-refractivity contribution in [2.75, 3.05) is 21.3 Å². The summed E-state index contributed by atoms with van der Waals surface area (Å²) in [5.74, 6) is 0.562. The molecule has 0 spiro atoms. The topological polar surface area (TPSA) is 86.8 Å². The number of carbonyl (C=O) groups is 2. The van der Waals surface area contributed by atoms with Crippen LogP contribution < -0.4 is 14.8 Å². The van der Waals surface area contributed by atoms with Crippen LogP contribution in [0.25, 0.3) is 10.6 Å². The van der Waals surface area contributed by atoms with Crippen LogP contribution in [0, 0.1) is 0 Å². The molecule has 168 valence electrons. The molecular weight excluding hydrogens is 452 g/mol. The molecule has 1 N–H and O–H groups in total. The summed E-state index contributed by atoms with van der Waals surface area (Å²) in [7, 11) is 4.47. The van der Waals surface area contributed by atoms with Crippen LogP contribution in [0.2, 0.25) is 5.02 Å². The van der Waals surface area contributed by atoms with E-state index in [0.29, 0.717) is 22.2 Å². The maximum absolute atomic E-state index is 12.7. The first-order valence-corrected chi connectivity index (χ1v) is 11.0. The Morgan fingerprint density at radius 2 is 1.78 bits per heavy atom. The summed E-state index contributed by atoms with van der Waals surface area (Å²) < 4.78 is 15.4. The summed E-state index contributed by atoms with van der Waals surface area (Å²) >= 11 is 7.38. The molecule has 1 aromatic heterocycles. The van der Waals surface area contributed by atoms with Gasteiger partial charge in [0, 0.05) is 16.0 Å². The van der Waals surface area contributed by atoms with E-state index < -0.39 is 12.0 Å². The van der Waals surface area contributed by atoms with E-state index in [1.54, 1.807) is 38.5 Å². The number of rotatable bonds is 9. The Morgan fingerprint density at radius 3 is 2.44 bits per heavy atom. The minimum Gasteiger partial charge on any atom is -0.493 e. The Labute approximate surface area is 195 Å². The van der Waals surface area contributed by atoms with E-state index in [2.05, 4.69) is 10.3 Å². The zero-order chi connectivity index (χ0) is 23.1. The third kappa shape index (κ3) is 5.99. The minimum atomic E-state index is -0.531. The monoisotopic (exact) mass is 474 g/mol. The number of methoxy groups -OCH3 is 3. The SMILES string of the molecule is COC(=O)CC(NC(=O)Cc1csc(-c2ccc(OC)c(OC)c2)n1)c1ccc(Cl)cc1. The zero-order valence-corrected chi connectivity index (χ0v) is 19.5. The summed E-state index contributed by atoms with van der Waals surface area (Å²) in [5, 5.41) is 6.06. The molecular formula is C23H23ClN2O5S. The lowest BCUT2D eigenvalue weighted by Crippen LogP contribution is -2.31. The number of nitrogens with zero attached hydrogens (tertiary/aromatic N) is 1. The van der Waals surface area contributed by atoms with Crippen molar-refractivity contribution < 1.29 is 23.8 Å². The summed E-state index contributed by atoms with van der Waals surface area (Å²) in [6, 6.07) is 12.0. The largest absolute Gasteiger partial charge is 0.493 e. The molecule has 9 heteroatoms. The molecule has 32 heavy (non-hydrogen) atoms. The van der Waals surface area contributed by atoms with Crippen molar-refractivity contribution in [3.8, 4) is 22.1 Å². The van der Waals surface area contributed by atoms with E-state index in [9.17, 15) is 9.59 Å². The third-order valence-corrected chi connectivity index (χ3v) is 5.92. The number of thiazole rings is 1. The van der Waals surface area contributed by atoms with Gasteiger partial charge in [0.1, 0.15) is 5.01 Å². The smallest absolute Gasteiger partial charge is 0.307 e.